The van der Waals surface area contributed by atoms with Crippen LogP contribution < -0.4 is 11.5 Å². The topological polar surface area (TPSA) is 181 Å². The zero-order valence-electron chi connectivity index (χ0n) is 34.5. The molecule has 0 bridgehead atoms. The summed E-state index contributed by atoms with van der Waals surface area (Å²) >= 11 is 5.55. The highest BCUT2D eigenvalue weighted by atomic mass is 35.5. The molecule has 16 heteroatoms. The van der Waals surface area contributed by atoms with E-state index in [1.165, 1.54) is 0 Å². The minimum atomic E-state index is -0.483. The molecule has 0 aromatic carbocycles. The average Bonchev–Trinajstić information content (AvgIpc) is 3.24. The standard InChI is InChI=1S/C17H30BNO4.C16H24N4O2.C5H6ClN3/c1-12-11-19(14(20)21-15(2,3)4)10-9-13(12)18-22-16(5,6)17(7,8)23-18;1-10-8-13(17)18-19-14(10)12-6-7-20(9-11(12)2)15(21)22-16(3,4)5;1-3-2-4(7)8-9-5(3)6/h9,12H,10-11H2,1-8H3;6,8,11H,7,9H2,1-5H3,(H2,17,18);2H,1H3,(H2,7,8). The first-order valence-electron chi connectivity index (χ1n) is 18.3. The van der Waals surface area contributed by atoms with Gasteiger partial charge in [0.15, 0.2) is 5.15 Å². The molecule has 14 nitrogen and oxygen atoms in total. The number of nitrogens with zero attached hydrogens (tertiary/aromatic N) is 6. The van der Waals surface area contributed by atoms with E-state index in [-0.39, 0.29) is 42.3 Å². The Balaban J connectivity index is 0.000000237. The van der Waals surface area contributed by atoms with Crippen LogP contribution in [-0.2, 0) is 18.8 Å². The van der Waals surface area contributed by atoms with Gasteiger partial charge >= 0.3 is 19.3 Å². The molecule has 1 fully saturated rings. The van der Waals surface area contributed by atoms with Gasteiger partial charge < -0.3 is 40.0 Å². The van der Waals surface area contributed by atoms with Gasteiger partial charge in [0.1, 0.15) is 22.8 Å². The number of ether oxygens (including phenoxy) is 2. The van der Waals surface area contributed by atoms with Crippen LogP contribution >= 0.6 is 11.6 Å². The van der Waals surface area contributed by atoms with Crippen molar-refractivity contribution in [1.29, 1.82) is 0 Å². The largest absolute Gasteiger partial charge is 0.490 e. The van der Waals surface area contributed by atoms with Crippen LogP contribution in [0.3, 0.4) is 0 Å². The normalized spacial score (nSPS) is 20.8. The lowest BCUT2D eigenvalue weighted by Crippen LogP contribution is -2.44. The number of hydrogen-bond acceptors (Lipinski definition) is 12. The smallest absolute Gasteiger partial charge is 0.444 e. The molecule has 54 heavy (non-hydrogen) atoms. The number of nitrogen functional groups attached to an aromatic ring is 2. The highest BCUT2D eigenvalue weighted by molar-refractivity contribution is 6.54. The number of carbonyl (C=O) groups is 2. The van der Waals surface area contributed by atoms with Gasteiger partial charge in [-0.3, -0.25) is 0 Å². The van der Waals surface area contributed by atoms with Crippen molar-refractivity contribution in [2.24, 2.45) is 11.8 Å². The molecule has 4 N–H and O–H groups in total. The van der Waals surface area contributed by atoms with E-state index in [0.29, 0.717) is 43.0 Å². The fourth-order valence-electron chi connectivity index (χ4n) is 5.71. The molecule has 0 radical (unpaired) electrons. The van der Waals surface area contributed by atoms with Gasteiger partial charge in [-0.2, -0.15) is 0 Å². The number of aromatic nitrogens is 4. The molecular formula is C38H60BClN8O6. The van der Waals surface area contributed by atoms with Crippen molar-refractivity contribution in [3.05, 3.63) is 51.7 Å². The quantitative estimate of drug-likeness (QED) is 0.297. The van der Waals surface area contributed by atoms with Crippen LogP contribution in [0.1, 0.15) is 99.9 Å². The van der Waals surface area contributed by atoms with Crippen molar-refractivity contribution in [3.8, 4) is 0 Å². The lowest BCUT2D eigenvalue weighted by Gasteiger charge is -2.33. The predicted molar refractivity (Wildman–Crippen MR) is 213 cm³/mol. The van der Waals surface area contributed by atoms with Gasteiger partial charge in [-0.05, 0) is 123 Å². The Morgan fingerprint density at radius 2 is 1.22 bits per heavy atom. The van der Waals surface area contributed by atoms with Gasteiger partial charge in [-0.25, -0.2) is 9.59 Å². The molecule has 3 aliphatic heterocycles. The molecule has 5 rings (SSSR count). The number of halogens is 1. The molecule has 0 saturated carbocycles. The molecule has 2 amide bonds. The van der Waals surface area contributed by atoms with Gasteiger partial charge in [0.05, 0.1) is 16.9 Å². The van der Waals surface area contributed by atoms with Gasteiger partial charge in [0.2, 0.25) is 0 Å². The predicted octanol–water partition coefficient (Wildman–Crippen LogP) is 7.09. The Bertz CT molecular complexity index is 1710. The summed E-state index contributed by atoms with van der Waals surface area (Å²) in [4.78, 5) is 27.8. The lowest BCUT2D eigenvalue weighted by molar-refractivity contribution is 0.00578. The Morgan fingerprint density at radius 1 is 0.778 bits per heavy atom. The van der Waals surface area contributed by atoms with Crippen LogP contribution in [0.25, 0.3) is 5.57 Å². The van der Waals surface area contributed by atoms with E-state index in [1.54, 1.807) is 15.9 Å². The summed E-state index contributed by atoms with van der Waals surface area (Å²) in [6.07, 6.45) is 3.51. The molecule has 0 aliphatic carbocycles. The van der Waals surface area contributed by atoms with Crippen LogP contribution in [-0.4, -0.2) is 98.1 Å². The van der Waals surface area contributed by atoms with Crippen molar-refractivity contribution >= 4 is 48.1 Å². The first-order valence-corrected chi connectivity index (χ1v) is 18.6. The highest BCUT2D eigenvalue weighted by Crippen LogP contribution is 2.40. The minimum Gasteiger partial charge on any atom is -0.444 e. The van der Waals surface area contributed by atoms with Gasteiger partial charge in [-0.1, -0.05) is 37.6 Å². The molecule has 2 aromatic heterocycles. The van der Waals surface area contributed by atoms with Crippen molar-refractivity contribution in [2.75, 3.05) is 37.6 Å². The SMILES string of the molecule is CC1CN(C(=O)OC(C)(C)C)CC=C1B1OC(C)(C)C(C)(C)O1.Cc1cc(N)nnc1C1=CCN(C(=O)OC(C)(C)C)CC1C.Cc1cc(N)nnc1Cl. The summed E-state index contributed by atoms with van der Waals surface area (Å²) in [6, 6.07) is 3.49. The van der Waals surface area contributed by atoms with E-state index in [9.17, 15) is 9.59 Å². The van der Waals surface area contributed by atoms with Gasteiger partial charge in [0.25, 0.3) is 0 Å². The first kappa shape index (κ1) is 44.5. The summed E-state index contributed by atoms with van der Waals surface area (Å²) in [5, 5.41) is 15.6. The minimum absolute atomic E-state index is 0.165. The Morgan fingerprint density at radius 3 is 1.63 bits per heavy atom. The second-order valence-electron chi connectivity index (χ2n) is 17.1. The summed E-state index contributed by atoms with van der Waals surface area (Å²) < 4.78 is 23.1. The molecule has 2 aromatic rings. The number of nitrogens with two attached hydrogens (primary N) is 2. The van der Waals surface area contributed by atoms with Crippen molar-refractivity contribution < 1.29 is 28.4 Å². The van der Waals surface area contributed by atoms with Crippen molar-refractivity contribution in [2.45, 2.75) is 119 Å². The van der Waals surface area contributed by atoms with E-state index < -0.39 is 11.2 Å². The van der Waals surface area contributed by atoms with E-state index in [1.807, 2.05) is 101 Å². The average molecular weight is 771 g/mol. The fraction of sp³-hybridized carbons (Fsp3) is 0.632. The van der Waals surface area contributed by atoms with Crippen LogP contribution in [0, 0.1) is 25.7 Å². The number of aryl methyl sites for hydroxylation is 2. The third kappa shape index (κ3) is 12.3. The number of anilines is 2. The second-order valence-corrected chi connectivity index (χ2v) is 17.4. The Labute approximate surface area is 326 Å². The van der Waals surface area contributed by atoms with E-state index in [2.05, 4.69) is 34.2 Å². The molecule has 1 saturated heterocycles. The number of hydrogen-bond donors (Lipinski definition) is 2. The Hall–Kier alpha value is -3.95. The Kier molecular flexibility index (Phi) is 14.2. The van der Waals surface area contributed by atoms with E-state index in [0.717, 1.165) is 27.9 Å². The van der Waals surface area contributed by atoms with Crippen LogP contribution in [0.5, 0.6) is 0 Å². The molecule has 5 heterocycles. The molecule has 298 valence electrons. The van der Waals surface area contributed by atoms with Gasteiger partial charge in [0, 0.05) is 32.1 Å². The van der Waals surface area contributed by atoms with Crippen LogP contribution in [0.15, 0.2) is 29.8 Å². The second kappa shape index (κ2) is 17.2. The van der Waals surface area contributed by atoms with Crippen molar-refractivity contribution in [3.63, 3.8) is 0 Å². The number of carbonyl (C=O) groups excluding carboxylic acids is 2. The van der Waals surface area contributed by atoms with E-state index >= 15 is 0 Å². The maximum absolute atomic E-state index is 12.2. The molecule has 2 unspecified atom stereocenters. The summed E-state index contributed by atoms with van der Waals surface area (Å²) in [6.45, 7) is 29.7. The third-order valence-electron chi connectivity index (χ3n) is 9.22. The molecule has 2 atom stereocenters. The maximum Gasteiger partial charge on any atom is 0.490 e. The lowest BCUT2D eigenvalue weighted by atomic mass is 9.70. The van der Waals surface area contributed by atoms with Crippen LogP contribution in [0.4, 0.5) is 21.2 Å². The molecule has 0 spiro atoms. The molecule has 3 aliphatic rings. The highest BCUT2D eigenvalue weighted by Gasteiger charge is 2.53. The number of rotatable bonds is 2. The van der Waals surface area contributed by atoms with Crippen molar-refractivity contribution in [1.82, 2.24) is 30.2 Å². The zero-order valence-corrected chi connectivity index (χ0v) is 35.3. The van der Waals surface area contributed by atoms with E-state index in [4.69, 9.17) is 41.9 Å². The first-order chi connectivity index (χ1) is 24.7. The molecular weight excluding hydrogens is 711 g/mol. The number of amides is 2. The fourth-order valence-corrected chi connectivity index (χ4v) is 5.80. The zero-order chi connectivity index (χ0) is 41.0. The van der Waals surface area contributed by atoms with Crippen LogP contribution in [0.2, 0.25) is 5.15 Å². The maximum atomic E-state index is 12.2. The van der Waals surface area contributed by atoms with Gasteiger partial charge in [-0.15, -0.1) is 20.4 Å². The monoisotopic (exact) mass is 770 g/mol. The summed E-state index contributed by atoms with van der Waals surface area (Å²) in [5.41, 5.74) is 14.2. The summed E-state index contributed by atoms with van der Waals surface area (Å²) in [7, 11) is -0.337. The third-order valence-corrected chi connectivity index (χ3v) is 9.59. The summed E-state index contributed by atoms with van der Waals surface area (Å²) in [5.74, 6) is 1.15.